The van der Waals surface area contributed by atoms with Crippen molar-refractivity contribution in [3.8, 4) is 11.3 Å². The van der Waals surface area contributed by atoms with Crippen LogP contribution in [0.5, 0.6) is 0 Å². The van der Waals surface area contributed by atoms with E-state index >= 15 is 0 Å². The van der Waals surface area contributed by atoms with Gasteiger partial charge in [0.2, 0.25) is 0 Å². The first kappa shape index (κ1) is 12.8. The van der Waals surface area contributed by atoms with Gasteiger partial charge in [-0.2, -0.15) is 0 Å². The normalized spacial score (nSPS) is 10.9. The van der Waals surface area contributed by atoms with E-state index < -0.39 is 0 Å². The van der Waals surface area contributed by atoms with Crippen molar-refractivity contribution in [2.75, 3.05) is 7.05 Å². The highest BCUT2D eigenvalue weighted by Gasteiger charge is 2.03. The van der Waals surface area contributed by atoms with Gasteiger partial charge in [-0.1, -0.05) is 35.9 Å². The van der Waals surface area contributed by atoms with Crippen LogP contribution in [-0.4, -0.2) is 17.0 Å². The van der Waals surface area contributed by atoms with E-state index in [0.717, 1.165) is 17.1 Å². The number of benzene rings is 2. The van der Waals surface area contributed by atoms with Crippen molar-refractivity contribution in [2.24, 2.45) is 0 Å². The minimum Gasteiger partial charge on any atom is -0.313 e. The molecule has 1 aromatic heterocycles. The van der Waals surface area contributed by atoms with Crippen molar-refractivity contribution in [3.63, 3.8) is 0 Å². The standard InChI is InChI=1S/C17H17N3/c1-12-3-4-14-10-15(6-5-13(14)9-12)16-7-8-19-17(20-16)11-18-2/h3-10,18H,11H2,1-2H3. The van der Waals surface area contributed by atoms with Gasteiger partial charge in [-0.15, -0.1) is 0 Å². The molecule has 0 saturated carbocycles. The van der Waals surface area contributed by atoms with Crippen molar-refractivity contribution >= 4 is 10.8 Å². The highest BCUT2D eigenvalue weighted by molar-refractivity contribution is 5.87. The molecule has 0 aliphatic carbocycles. The number of hydrogen-bond acceptors (Lipinski definition) is 3. The summed E-state index contributed by atoms with van der Waals surface area (Å²) in [6, 6.07) is 14.9. The quantitative estimate of drug-likeness (QED) is 0.787. The molecule has 0 unspecified atom stereocenters. The van der Waals surface area contributed by atoms with E-state index in [1.54, 1.807) is 0 Å². The van der Waals surface area contributed by atoms with Crippen LogP contribution < -0.4 is 5.32 Å². The zero-order chi connectivity index (χ0) is 13.9. The Morgan fingerprint density at radius 3 is 2.65 bits per heavy atom. The Balaban J connectivity index is 2.05. The third-order valence-corrected chi connectivity index (χ3v) is 3.33. The molecule has 100 valence electrons. The van der Waals surface area contributed by atoms with Gasteiger partial charge in [-0.3, -0.25) is 0 Å². The molecule has 1 heterocycles. The number of rotatable bonds is 3. The van der Waals surface area contributed by atoms with E-state index in [9.17, 15) is 0 Å². The Kier molecular flexibility index (Phi) is 3.44. The SMILES string of the molecule is CNCc1nccc(-c2ccc3cc(C)ccc3c2)n1. The van der Waals surface area contributed by atoms with Crippen LogP contribution in [0.1, 0.15) is 11.4 Å². The van der Waals surface area contributed by atoms with Crippen molar-refractivity contribution < 1.29 is 0 Å². The zero-order valence-corrected chi connectivity index (χ0v) is 11.7. The topological polar surface area (TPSA) is 37.8 Å². The molecule has 3 nitrogen and oxygen atoms in total. The Morgan fingerprint density at radius 1 is 1.00 bits per heavy atom. The fourth-order valence-corrected chi connectivity index (χ4v) is 2.33. The van der Waals surface area contributed by atoms with Gasteiger partial charge in [0.15, 0.2) is 0 Å². The van der Waals surface area contributed by atoms with Gasteiger partial charge >= 0.3 is 0 Å². The lowest BCUT2D eigenvalue weighted by Gasteiger charge is -2.06. The summed E-state index contributed by atoms with van der Waals surface area (Å²) in [7, 11) is 1.90. The number of hydrogen-bond donors (Lipinski definition) is 1. The average Bonchev–Trinajstić information content (AvgIpc) is 2.47. The average molecular weight is 263 g/mol. The van der Waals surface area contributed by atoms with Crippen LogP contribution in [0.3, 0.4) is 0 Å². The van der Waals surface area contributed by atoms with Crippen molar-refractivity contribution in [1.29, 1.82) is 0 Å². The second-order valence-electron chi connectivity index (χ2n) is 4.95. The Hall–Kier alpha value is -2.26. The minimum atomic E-state index is 0.681. The van der Waals surface area contributed by atoms with E-state index in [1.165, 1.54) is 16.3 Å². The summed E-state index contributed by atoms with van der Waals surface area (Å²) in [6.07, 6.45) is 1.81. The summed E-state index contributed by atoms with van der Waals surface area (Å²) in [6.45, 7) is 2.79. The van der Waals surface area contributed by atoms with E-state index in [4.69, 9.17) is 0 Å². The highest BCUT2D eigenvalue weighted by atomic mass is 14.9. The van der Waals surface area contributed by atoms with Crippen LogP contribution >= 0.6 is 0 Å². The summed E-state index contributed by atoms with van der Waals surface area (Å²) >= 11 is 0. The lowest BCUT2D eigenvalue weighted by molar-refractivity contribution is 0.759. The molecule has 2 aromatic carbocycles. The maximum Gasteiger partial charge on any atom is 0.142 e. The molecule has 0 spiro atoms. The minimum absolute atomic E-state index is 0.681. The molecule has 0 amide bonds. The molecule has 0 aliphatic heterocycles. The van der Waals surface area contributed by atoms with E-state index in [0.29, 0.717) is 6.54 Å². The molecule has 0 bridgehead atoms. The Bertz CT molecular complexity index is 750. The monoisotopic (exact) mass is 263 g/mol. The fourth-order valence-electron chi connectivity index (χ4n) is 2.33. The van der Waals surface area contributed by atoms with Gasteiger partial charge in [0.1, 0.15) is 5.82 Å². The van der Waals surface area contributed by atoms with Gasteiger partial charge in [0, 0.05) is 11.8 Å². The second kappa shape index (κ2) is 5.39. The molecule has 3 heteroatoms. The van der Waals surface area contributed by atoms with Gasteiger partial charge < -0.3 is 5.32 Å². The lowest BCUT2D eigenvalue weighted by atomic mass is 10.0. The maximum absolute atomic E-state index is 4.58. The Morgan fingerprint density at radius 2 is 1.80 bits per heavy atom. The van der Waals surface area contributed by atoms with Crippen molar-refractivity contribution in [1.82, 2.24) is 15.3 Å². The van der Waals surface area contributed by atoms with E-state index in [1.807, 2.05) is 19.3 Å². The summed E-state index contributed by atoms with van der Waals surface area (Å²) in [5.74, 6) is 0.814. The third kappa shape index (κ3) is 2.53. The van der Waals surface area contributed by atoms with Crippen LogP contribution in [0.25, 0.3) is 22.0 Å². The molecular weight excluding hydrogens is 246 g/mol. The number of nitrogens with zero attached hydrogens (tertiary/aromatic N) is 2. The summed E-state index contributed by atoms with van der Waals surface area (Å²) < 4.78 is 0. The first-order chi connectivity index (χ1) is 9.76. The van der Waals surface area contributed by atoms with Gasteiger partial charge in [0.25, 0.3) is 0 Å². The molecule has 0 atom stereocenters. The lowest BCUT2D eigenvalue weighted by Crippen LogP contribution is -2.09. The molecule has 0 aliphatic rings. The van der Waals surface area contributed by atoms with E-state index in [-0.39, 0.29) is 0 Å². The van der Waals surface area contributed by atoms with Crippen molar-refractivity contribution in [2.45, 2.75) is 13.5 Å². The summed E-state index contributed by atoms with van der Waals surface area (Å²) in [5, 5.41) is 5.57. The van der Waals surface area contributed by atoms with Crippen LogP contribution in [0.2, 0.25) is 0 Å². The van der Waals surface area contributed by atoms with Gasteiger partial charge in [-0.25, -0.2) is 9.97 Å². The van der Waals surface area contributed by atoms with Crippen LogP contribution in [-0.2, 0) is 6.54 Å². The molecule has 0 fully saturated rings. The van der Waals surface area contributed by atoms with Crippen molar-refractivity contribution in [3.05, 3.63) is 60.0 Å². The van der Waals surface area contributed by atoms with Crippen LogP contribution in [0.15, 0.2) is 48.7 Å². The number of nitrogens with one attached hydrogen (secondary N) is 1. The molecule has 20 heavy (non-hydrogen) atoms. The molecule has 0 saturated heterocycles. The van der Waals surface area contributed by atoms with Gasteiger partial charge in [-0.05, 0) is 36.9 Å². The first-order valence-electron chi connectivity index (χ1n) is 6.73. The molecule has 1 N–H and O–H groups in total. The fraction of sp³-hybridized carbons (Fsp3) is 0.176. The first-order valence-corrected chi connectivity index (χ1v) is 6.73. The highest BCUT2D eigenvalue weighted by Crippen LogP contribution is 2.23. The molecule has 3 rings (SSSR count). The zero-order valence-electron chi connectivity index (χ0n) is 11.7. The number of aromatic nitrogens is 2. The second-order valence-corrected chi connectivity index (χ2v) is 4.95. The number of aryl methyl sites for hydroxylation is 1. The Labute approximate surface area is 118 Å². The molecule has 0 radical (unpaired) electrons. The smallest absolute Gasteiger partial charge is 0.142 e. The predicted molar refractivity (Wildman–Crippen MR) is 82.5 cm³/mol. The third-order valence-electron chi connectivity index (χ3n) is 3.33. The van der Waals surface area contributed by atoms with Crippen LogP contribution in [0, 0.1) is 6.92 Å². The van der Waals surface area contributed by atoms with E-state index in [2.05, 4.69) is 58.6 Å². The number of fused-ring (bicyclic) bond motifs is 1. The van der Waals surface area contributed by atoms with Gasteiger partial charge in [0.05, 0.1) is 12.2 Å². The largest absolute Gasteiger partial charge is 0.313 e. The molecule has 3 aromatic rings. The summed E-state index contributed by atoms with van der Waals surface area (Å²) in [5.41, 5.74) is 3.37. The predicted octanol–water partition coefficient (Wildman–Crippen LogP) is 3.32. The van der Waals surface area contributed by atoms with Crippen LogP contribution in [0.4, 0.5) is 0 Å². The maximum atomic E-state index is 4.58. The summed E-state index contributed by atoms with van der Waals surface area (Å²) in [4.78, 5) is 8.84. The molecular formula is C17H17N3.